The topological polar surface area (TPSA) is 229 Å². The number of morpholine rings is 2. The van der Waals surface area contributed by atoms with Crippen LogP contribution in [0.25, 0.3) is 0 Å². The first kappa shape index (κ1) is 55.2. The van der Waals surface area contributed by atoms with Crippen molar-refractivity contribution >= 4 is 58.8 Å². The first-order valence-electron chi connectivity index (χ1n) is 25.9. The molecule has 4 aliphatic heterocycles. The number of ether oxygens (including phenoxy) is 6. The van der Waals surface area contributed by atoms with E-state index in [0.717, 1.165) is 24.8 Å². The molecule has 4 heterocycles. The first-order chi connectivity index (χ1) is 38.3. The van der Waals surface area contributed by atoms with Gasteiger partial charge in [0.25, 0.3) is 0 Å². The highest BCUT2D eigenvalue weighted by Gasteiger charge is 2.75. The number of aliphatic hydroxyl groups excluding tert-OH is 1. The van der Waals surface area contributed by atoms with Crippen molar-refractivity contribution in [2.75, 3.05) is 76.0 Å². The number of esters is 4. The Labute approximate surface area is 457 Å². The Bertz CT molecular complexity index is 3140. The average molecular weight is 1080 g/mol. The van der Waals surface area contributed by atoms with E-state index in [1.807, 2.05) is 77.7 Å². The number of anilines is 3. The second-order valence-corrected chi connectivity index (χ2v) is 19.7. The Hall–Kier alpha value is -8.57. The molecule has 1 spiro atoms. The van der Waals surface area contributed by atoms with Crippen molar-refractivity contribution in [1.29, 1.82) is 0 Å². The van der Waals surface area contributed by atoms with Gasteiger partial charge in [0.05, 0.1) is 64.8 Å². The number of carbonyl (C=O) groups excluding carboxylic acids is 7. The van der Waals surface area contributed by atoms with Gasteiger partial charge < -0.3 is 49.1 Å². The van der Waals surface area contributed by atoms with Crippen LogP contribution >= 0.6 is 0 Å². The lowest BCUT2D eigenvalue weighted by Crippen LogP contribution is -2.57. The van der Waals surface area contributed by atoms with Crippen LogP contribution in [-0.4, -0.2) is 125 Å². The van der Waals surface area contributed by atoms with Crippen molar-refractivity contribution < 1.29 is 67.1 Å². The van der Waals surface area contributed by atoms with E-state index in [0.29, 0.717) is 48.7 Å². The number of amides is 4. The molecule has 3 saturated heterocycles. The van der Waals surface area contributed by atoms with Gasteiger partial charge >= 0.3 is 29.9 Å². The average Bonchev–Trinajstić information content (AvgIpc) is 2.07. The molecule has 4 aliphatic rings. The van der Waals surface area contributed by atoms with E-state index >= 15 is 19.2 Å². The van der Waals surface area contributed by atoms with Crippen LogP contribution in [0.3, 0.4) is 0 Å². The molecule has 3 N–H and O–H groups in total. The van der Waals surface area contributed by atoms with Gasteiger partial charge in [0.1, 0.15) is 36.0 Å². The summed E-state index contributed by atoms with van der Waals surface area (Å²) >= 11 is 0. The number of methoxy groups -OCH3 is 3. The quantitative estimate of drug-likeness (QED) is 0.0486. The highest BCUT2D eigenvalue weighted by molar-refractivity contribution is 6.25. The molecule has 410 valence electrons. The lowest BCUT2D eigenvalue weighted by atomic mass is 9.65. The van der Waals surface area contributed by atoms with E-state index in [1.165, 1.54) is 19.2 Å². The number of nitrogens with zero attached hydrogens (tertiary/aromatic N) is 3. The van der Waals surface area contributed by atoms with E-state index in [-0.39, 0.29) is 42.2 Å². The van der Waals surface area contributed by atoms with Crippen molar-refractivity contribution in [3.63, 3.8) is 0 Å². The highest BCUT2D eigenvalue weighted by Crippen LogP contribution is 2.66. The molecule has 5 aromatic carbocycles. The fraction of sp³-hybridized carbons (Fsp3) is 0.350. The minimum Gasteiger partial charge on any atom is -0.491 e. The van der Waals surface area contributed by atoms with Crippen LogP contribution in [0.2, 0.25) is 0 Å². The normalized spacial score (nSPS) is 21.7. The molecule has 0 bridgehead atoms. The summed E-state index contributed by atoms with van der Waals surface area (Å²) < 4.78 is 33.1. The molecule has 3 fully saturated rings. The number of hydrogen-bond acceptors (Lipinski definition) is 16. The van der Waals surface area contributed by atoms with Crippen molar-refractivity contribution in [1.82, 2.24) is 10.2 Å². The zero-order valence-electron chi connectivity index (χ0n) is 44.3. The van der Waals surface area contributed by atoms with Gasteiger partial charge in [-0.2, -0.15) is 0 Å². The molecular weight excluding hydrogens is 1010 g/mol. The predicted octanol–water partition coefficient (Wildman–Crippen LogP) is 5.81. The summed E-state index contributed by atoms with van der Waals surface area (Å²) in [7, 11) is 3.44. The molecule has 0 aliphatic carbocycles. The van der Waals surface area contributed by atoms with Gasteiger partial charge in [0.2, 0.25) is 11.8 Å². The molecule has 9 rings (SSSR count). The molecule has 0 aromatic heterocycles. The van der Waals surface area contributed by atoms with Crippen LogP contribution in [-0.2, 0) is 57.9 Å². The monoisotopic (exact) mass is 1080 g/mol. The summed E-state index contributed by atoms with van der Waals surface area (Å²) in [6.07, 6.45) is -1.37. The maximum absolute atomic E-state index is 16.9. The SMILES string of the molecule is COC(=O)C(CC#Cc1ccc2c(c1)[C@]1(C(=O)N2C(=O)N[C@H](C(=O)OC)C(C)C)[C@H](C(=O)Nc2ccc(N3CCOCC3)cc2)[C@H]2C(=O)O[C@H](c3ccccc3)[C@H](c3ccccc3)N2[C@@H]1c1cccc(OCCO)c1)C(=O)OC. The number of cyclic esters (lactones) is 1. The van der Waals surface area contributed by atoms with Crippen molar-refractivity contribution in [2.45, 2.75) is 56.0 Å². The number of hydrogen-bond donors (Lipinski definition) is 3. The minimum absolute atomic E-state index is 0.00291. The number of benzene rings is 5. The fourth-order valence-corrected chi connectivity index (χ4v) is 11.3. The summed E-state index contributed by atoms with van der Waals surface area (Å²) in [5.74, 6) is -2.56. The smallest absolute Gasteiger partial charge is 0.329 e. The Kier molecular flexibility index (Phi) is 16.8. The molecular formula is C60H61N5O14. The number of nitrogens with one attached hydrogen (secondary N) is 2. The van der Waals surface area contributed by atoms with Gasteiger partial charge in [-0.05, 0) is 82.8 Å². The number of aliphatic hydroxyl groups is 1. The zero-order valence-corrected chi connectivity index (χ0v) is 44.3. The van der Waals surface area contributed by atoms with Crippen LogP contribution in [0.15, 0.2) is 127 Å². The molecule has 7 atom stereocenters. The fourth-order valence-electron chi connectivity index (χ4n) is 11.3. The number of urea groups is 1. The van der Waals surface area contributed by atoms with E-state index in [2.05, 4.69) is 27.4 Å². The van der Waals surface area contributed by atoms with Crippen molar-refractivity contribution in [2.24, 2.45) is 17.8 Å². The lowest BCUT2D eigenvalue weighted by molar-refractivity contribution is -0.178. The summed E-state index contributed by atoms with van der Waals surface area (Å²) in [6.45, 7) is 5.37. The second kappa shape index (κ2) is 24.0. The van der Waals surface area contributed by atoms with E-state index in [4.69, 9.17) is 28.4 Å². The maximum atomic E-state index is 16.9. The summed E-state index contributed by atoms with van der Waals surface area (Å²) in [6, 6.07) is 30.8. The predicted molar refractivity (Wildman–Crippen MR) is 287 cm³/mol. The molecule has 0 radical (unpaired) electrons. The van der Waals surface area contributed by atoms with E-state index < -0.39 is 95.2 Å². The number of rotatable bonds is 15. The van der Waals surface area contributed by atoms with Crippen molar-refractivity contribution in [3.8, 4) is 17.6 Å². The third-order valence-corrected chi connectivity index (χ3v) is 14.9. The van der Waals surface area contributed by atoms with E-state index in [9.17, 15) is 19.5 Å². The molecule has 0 unspecified atom stereocenters. The molecule has 19 heteroatoms. The third-order valence-electron chi connectivity index (χ3n) is 14.9. The van der Waals surface area contributed by atoms with Crippen LogP contribution in [0.1, 0.15) is 66.3 Å². The summed E-state index contributed by atoms with van der Waals surface area (Å²) in [5, 5.41) is 15.7. The molecule has 0 saturated carbocycles. The molecule has 19 nitrogen and oxygen atoms in total. The van der Waals surface area contributed by atoms with Crippen LogP contribution in [0.5, 0.6) is 5.75 Å². The van der Waals surface area contributed by atoms with Gasteiger partial charge in [-0.1, -0.05) is 98.5 Å². The van der Waals surface area contributed by atoms with Gasteiger partial charge in [0, 0.05) is 36.4 Å². The summed E-state index contributed by atoms with van der Waals surface area (Å²) in [4.78, 5) is 108. The molecule has 4 amide bonds. The van der Waals surface area contributed by atoms with Crippen LogP contribution in [0, 0.1) is 29.6 Å². The standard InChI is InChI=1S/C60H61N5O14/c1-36(2)48(56(70)76-5)62-59(73)64-46-27-22-37(14-12-21-44(54(68)74-3)55(69)75-4)34-45(46)60(58(64)72)47(53(67)61-41-23-25-42(26-24-41)63-28-31-77-32-29-63)50-57(71)79-51(39-17-10-7-11-18-39)49(38-15-8-6-9-16-38)65(50)52(60)40-19-13-20-43(35-40)78-33-30-66/h6-11,13,15-20,22-27,34-36,44,47-52,66H,21,28-33H2,1-5H3,(H,61,67)(H,62,73)/t47-,48-,49-,50-,51+,52+,60-/m0/s1. The first-order valence-corrected chi connectivity index (χ1v) is 25.9. The third kappa shape index (κ3) is 10.6. The van der Waals surface area contributed by atoms with Crippen molar-refractivity contribution in [3.05, 3.63) is 155 Å². The summed E-state index contributed by atoms with van der Waals surface area (Å²) in [5.41, 5.74) is 0.897. The Morgan fingerprint density at radius 2 is 1.41 bits per heavy atom. The zero-order chi connectivity index (χ0) is 56.0. The highest BCUT2D eigenvalue weighted by atomic mass is 16.6. The van der Waals surface area contributed by atoms with Gasteiger partial charge in [-0.3, -0.25) is 28.9 Å². The molecule has 5 aromatic rings. The lowest BCUT2D eigenvalue weighted by Gasteiger charge is -2.46. The number of carbonyl (C=O) groups is 7. The van der Waals surface area contributed by atoms with Gasteiger partial charge in [-0.25, -0.2) is 14.5 Å². The van der Waals surface area contributed by atoms with Gasteiger partial charge in [-0.15, -0.1) is 0 Å². The Balaban J connectivity index is 1.33. The maximum Gasteiger partial charge on any atom is 0.329 e. The number of fused-ring (bicyclic) bond motifs is 3. The van der Waals surface area contributed by atoms with Crippen LogP contribution < -0.4 is 25.2 Å². The molecule has 79 heavy (non-hydrogen) atoms. The Morgan fingerprint density at radius 1 is 0.759 bits per heavy atom. The Morgan fingerprint density at radius 3 is 2.04 bits per heavy atom. The number of imide groups is 1. The van der Waals surface area contributed by atoms with E-state index in [1.54, 1.807) is 56.3 Å². The second-order valence-electron chi connectivity index (χ2n) is 19.7. The van der Waals surface area contributed by atoms with Gasteiger partial charge in [0.15, 0.2) is 5.92 Å². The minimum atomic E-state index is -2.28. The largest absolute Gasteiger partial charge is 0.491 e. The van der Waals surface area contributed by atoms with Crippen LogP contribution in [0.4, 0.5) is 21.9 Å².